The van der Waals surface area contributed by atoms with Gasteiger partial charge in [0, 0.05) is 30.8 Å². The van der Waals surface area contributed by atoms with E-state index >= 15 is 0 Å². The SMILES string of the molecule is [NH3+]NC(=S)N1CCc2[nH]nc(C(=O)O)c2C1. The highest BCUT2D eigenvalue weighted by Crippen LogP contribution is 2.20. The summed E-state index contributed by atoms with van der Waals surface area (Å²) in [5.41, 5.74) is 4.29. The highest BCUT2D eigenvalue weighted by Gasteiger charge is 2.26. The Labute approximate surface area is 96.6 Å². The number of hydrogen-bond donors (Lipinski definition) is 4. The fourth-order valence-electron chi connectivity index (χ4n) is 1.76. The first-order chi connectivity index (χ1) is 7.63. The molecule has 0 spiro atoms. The number of carboxylic acid groups (broad SMARTS) is 1. The second-order valence-electron chi connectivity index (χ2n) is 3.49. The van der Waals surface area contributed by atoms with Crippen molar-refractivity contribution in [3.63, 3.8) is 0 Å². The standard InChI is InChI=1S/C8H11N5O2S/c9-10-8(16)13-2-1-5-4(3-13)6(7(14)15)12-11-5/h1-3,9H2,(H,10,16)(H,11,12)(H,14,15)/p+1. The van der Waals surface area contributed by atoms with Crippen molar-refractivity contribution in [1.82, 2.24) is 20.5 Å². The third-order valence-corrected chi connectivity index (χ3v) is 2.98. The molecule has 86 valence electrons. The molecule has 0 atom stereocenters. The maximum absolute atomic E-state index is 10.9. The van der Waals surface area contributed by atoms with Crippen LogP contribution in [0.5, 0.6) is 0 Å². The Hall–Kier alpha value is -1.67. The summed E-state index contributed by atoms with van der Waals surface area (Å²) in [6, 6.07) is 0. The van der Waals surface area contributed by atoms with Crippen LogP contribution in [0.1, 0.15) is 21.7 Å². The second-order valence-corrected chi connectivity index (χ2v) is 3.87. The smallest absolute Gasteiger partial charge is 0.356 e. The van der Waals surface area contributed by atoms with Crippen molar-refractivity contribution < 1.29 is 15.7 Å². The lowest BCUT2D eigenvalue weighted by molar-refractivity contribution is -0.420. The van der Waals surface area contributed by atoms with Crippen molar-refractivity contribution in [1.29, 1.82) is 0 Å². The van der Waals surface area contributed by atoms with Gasteiger partial charge in [0.1, 0.15) is 0 Å². The van der Waals surface area contributed by atoms with Crippen LogP contribution in [-0.4, -0.2) is 37.8 Å². The van der Waals surface area contributed by atoms with Gasteiger partial charge in [-0.25, -0.2) is 10.2 Å². The third-order valence-electron chi connectivity index (χ3n) is 2.57. The van der Waals surface area contributed by atoms with Crippen molar-refractivity contribution in [2.75, 3.05) is 6.54 Å². The number of nitrogens with zero attached hydrogens (tertiary/aromatic N) is 2. The lowest BCUT2D eigenvalue weighted by atomic mass is 10.1. The third kappa shape index (κ3) is 1.72. The molecule has 2 rings (SSSR count). The van der Waals surface area contributed by atoms with E-state index in [1.807, 2.05) is 4.90 Å². The Bertz CT molecular complexity index is 444. The molecule has 0 bridgehead atoms. The van der Waals surface area contributed by atoms with Crippen LogP contribution < -0.4 is 11.3 Å². The number of H-pyrrole nitrogens is 1. The molecule has 16 heavy (non-hydrogen) atoms. The van der Waals surface area contributed by atoms with Gasteiger partial charge in [-0.2, -0.15) is 5.10 Å². The Morgan fingerprint density at radius 2 is 2.44 bits per heavy atom. The molecule has 8 heteroatoms. The molecular formula is C8H12N5O2S+. The lowest BCUT2D eigenvalue weighted by Crippen LogP contribution is -2.69. The summed E-state index contributed by atoms with van der Waals surface area (Å²) in [5, 5.41) is 16.0. The molecule has 0 aromatic carbocycles. The molecule has 0 saturated carbocycles. The minimum atomic E-state index is -1.02. The Kier molecular flexibility index (Phi) is 2.75. The predicted octanol–water partition coefficient (Wildman–Crippen LogP) is -1.50. The number of carboxylic acids is 1. The maximum atomic E-state index is 10.9. The number of carbonyl (C=O) groups is 1. The first kappa shape index (κ1) is 10.8. The van der Waals surface area contributed by atoms with E-state index < -0.39 is 5.97 Å². The number of aromatic carboxylic acids is 1. The minimum Gasteiger partial charge on any atom is -0.476 e. The molecule has 7 nitrogen and oxygen atoms in total. The maximum Gasteiger partial charge on any atom is 0.356 e. The van der Waals surface area contributed by atoms with Crippen molar-refractivity contribution in [3.05, 3.63) is 17.0 Å². The molecule has 2 heterocycles. The highest BCUT2D eigenvalue weighted by atomic mass is 32.1. The average molecular weight is 242 g/mol. The van der Waals surface area contributed by atoms with Gasteiger partial charge in [0.15, 0.2) is 5.69 Å². The molecular weight excluding hydrogens is 230 g/mol. The summed E-state index contributed by atoms with van der Waals surface area (Å²) in [5.74, 6) is 2.47. The second kappa shape index (κ2) is 4.06. The predicted molar refractivity (Wildman–Crippen MR) is 58.3 cm³/mol. The zero-order valence-corrected chi connectivity index (χ0v) is 9.30. The fraction of sp³-hybridized carbons (Fsp3) is 0.375. The molecule has 6 N–H and O–H groups in total. The zero-order chi connectivity index (χ0) is 11.7. The van der Waals surface area contributed by atoms with Crippen molar-refractivity contribution in [2.45, 2.75) is 13.0 Å². The van der Waals surface area contributed by atoms with Gasteiger partial charge < -0.3 is 10.0 Å². The van der Waals surface area contributed by atoms with Crippen LogP contribution in [-0.2, 0) is 13.0 Å². The first-order valence-corrected chi connectivity index (χ1v) is 5.15. The van der Waals surface area contributed by atoms with E-state index in [0.717, 1.165) is 12.2 Å². The monoisotopic (exact) mass is 242 g/mol. The highest BCUT2D eigenvalue weighted by molar-refractivity contribution is 7.80. The summed E-state index contributed by atoms with van der Waals surface area (Å²) in [4.78, 5) is 12.8. The number of hydrogen-bond acceptors (Lipinski definition) is 3. The summed E-state index contributed by atoms with van der Waals surface area (Å²) in [6.45, 7) is 1.18. The van der Waals surface area contributed by atoms with Gasteiger partial charge in [-0.15, -0.1) is 0 Å². The van der Waals surface area contributed by atoms with E-state index in [-0.39, 0.29) is 5.69 Å². The van der Waals surface area contributed by atoms with E-state index in [4.69, 9.17) is 17.3 Å². The topological polar surface area (TPSA) is 109 Å². The molecule has 0 unspecified atom stereocenters. The zero-order valence-electron chi connectivity index (χ0n) is 8.49. The normalized spacial score (nSPS) is 14.4. The van der Waals surface area contributed by atoms with E-state index in [1.54, 1.807) is 0 Å². The molecule has 1 aliphatic rings. The molecule has 1 aromatic rings. The van der Waals surface area contributed by atoms with Crippen LogP contribution in [0.25, 0.3) is 0 Å². The van der Waals surface area contributed by atoms with Gasteiger partial charge >= 0.3 is 5.97 Å². The number of aromatic amines is 1. The molecule has 0 amide bonds. The van der Waals surface area contributed by atoms with Crippen LogP contribution in [0.4, 0.5) is 0 Å². The fourth-order valence-corrected chi connectivity index (χ4v) is 1.91. The van der Waals surface area contributed by atoms with Gasteiger partial charge in [-0.05, 0) is 12.2 Å². The minimum absolute atomic E-state index is 0.0755. The molecule has 0 saturated heterocycles. The summed E-state index contributed by atoms with van der Waals surface area (Å²) in [7, 11) is 0. The summed E-state index contributed by atoms with van der Waals surface area (Å²) in [6.07, 6.45) is 0.706. The van der Waals surface area contributed by atoms with Crippen LogP contribution >= 0.6 is 12.2 Å². The van der Waals surface area contributed by atoms with E-state index in [9.17, 15) is 4.79 Å². The Morgan fingerprint density at radius 1 is 1.69 bits per heavy atom. The number of thiocarbonyl (C=S) groups is 1. The van der Waals surface area contributed by atoms with Crippen LogP contribution in [0.3, 0.4) is 0 Å². The number of quaternary nitrogens is 1. The first-order valence-electron chi connectivity index (χ1n) is 4.75. The Morgan fingerprint density at radius 3 is 3.06 bits per heavy atom. The van der Waals surface area contributed by atoms with E-state index in [1.165, 1.54) is 0 Å². The number of rotatable bonds is 1. The van der Waals surface area contributed by atoms with Gasteiger partial charge in [-0.3, -0.25) is 10.9 Å². The molecule has 1 aromatic heterocycles. The van der Waals surface area contributed by atoms with E-state index in [0.29, 0.717) is 23.6 Å². The van der Waals surface area contributed by atoms with Crippen LogP contribution in [0.2, 0.25) is 0 Å². The van der Waals surface area contributed by atoms with Crippen molar-refractivity contribution >= 4 is 23.3 Å². The van der Waals surface area contributed by atoms with Crippen LogP contribution in [0, 0.1) is 0 Å². The molecule has 0 fully saturated rings. The number of fused-ring (bicyclic) bond motifs is 1. The average Bonchev–Trinajstić information content (AvgIpc) is 2.70. The van der Waals surface area contributed by atoms with Crippen molar-refractivity contribution in [3.8, 4) is 0 Å². The summed E-state index contributed by atoms with van der Waals surface area (Å²) < 4.78 is 0. The van der Waals surface area contributed by atoms with Gasteiger partial charge in [0.25, 0.3) is 0 Å². The van der Waals surface area contributed by atoms with Crippen molar-refractivity contribution in [2.24, 2.45) is 0 Å². The van der Waals surface area contributed by atoms with E-state index in [2.05, 4.69) is 21.5 Å². The largest absolute Gasteiger partial charge is 0.476 e. The lowest BCUT2D eigenvalue weighted by Gasteiger charge is -2.27. The molecule has 0 aliphatic carbocycles. The number of nitrogens with one attached hydrogen (secondary N) is 2. The molecule has 1 aliphatic heterocycles. The van der Waals surface area contributed by atoms with Gasteiger partial charge in [0.2, 0.25) is 5.11 Å². The molecule has 0 radical (unpaired) electrons. The quantitative estimate of drug-likeness (QED) is 0.352. The van der Waals surface area contributed by atoms with Crippen LogP contribution in [0.15, 0.2) is 0 Å². The summed E-state index contributed by atoms with van der Waals surface area (Å²) >= 11 is 5.06. The van der Waals surface area contributed by atoms with Gasteiger partial charge in [0.05, 0.1) is 0 Å². The number of aromatic nitrogens is 2. The van der Waals surface area contributed by atoms with Gasteiger partial charge in [-0.1, -0.05) is 0 Å². The Balaban J connectivity index is 2.27.